The third-order valence-corrected chi connectivity index (χ3v) is 2.23. The Morgan fingerprint density at radius 3 is 2.75 bits per heavy atom. The normalized spacial score (nSPS) is 24.0. The average molecular weight is 220 g/mol. The molecule has 1 aliphatic rings. The number of benzene rings is 1. The van der Waals surface area contributed by atoms with Gasteiger partial charge in [-0.2, -0.15) is 0 Å². The van der Waals surface area contributed by atoms with Gasteiger partial charge in [-0.05, 0) is 12.1 Å². The first-order valence-corrected chi connectivity index (χ1v) is 5.01. The van der Waals surface area contributed by atoms with Crippen LogP contribution < -0.4 is 4.74 Å². The molecule has 0 radical (unpaired) electrons. The van der Waals surface area contributed by atoms with Crippen LogP contribution >= 0.6 is 0 Å². The van der Waals surface area contributed by atoms with Gasteiger partial charge in [0.1, 0.15) is 11.9 Å². The van der Waals surface area contributed by atoms with E-state index in [4.69, 9.17) is 14.5 Å². The van der Waals surface area contributed by atoms with Gasteiger partial charge >= 0.3 is 5.97 Å². The molecule has 0 aliphatic carbocycles. The van der Waals surface area contributed by atoms with E-state index in [1.54, 1.807) is 30.3 Å². The van der Waals surface area contributed by atoms with Crippen molar-refractivity contribution in [3.05, 3.63) is 43.0 Å². The Kier molecular flexibility index (Phi) is 3.34. The first kappa shape index (κ1) is 10.9. The second kappa shape index (κ2) is 4.92. The summed E-state index contributed by atoms with van der Waals surface area (Å²) in [7, 11) is 0. The van der Waals surface area contributed by atoms with E-state index in [0.717, 1.165) is 0 Å². The molecule has 0 bridgehead atoms. The second-order valence-corrected chi connectivity index (χ2v) is 3.43. The second-order valence-electron chi connectivity index (χ2n) is 3.43. The molecule has 1 saturated heterocycles. The van der Waals surface area contributed by atoms with Gasteiger partial charge in [-0.25, -0.2) is 14.6 Å². The molecule has 1 heterocycles. The average Bonchev–Trinajstić information content (AvgIpc) is 2.79. The van der Waals surface area contributed by atoms with Crippen LogP contribution in [0.15, 0.2) is 43.0 Å². The molecule has 1 aromatic carbocycles. The highest BCUT2D eigenvalue weighted by atomic mass is 17.2. The molecule has 1 fully saturated rings. The van der Waals surface area contributed by atoms with Crippen LogP contribution in [0.25, 0.3) is 0 Å². The smallest absolute Gasteiger partial charge is 0.344 e. The molecule has 4 heteroatoms. The summed E-state index contributed by atoms with van der Waals surface area (Å²) in [6, 6.07) is 8.85. The minimum atomic E-state index is -0.678. The molecule has 0 aromatic heterocycles. The van der Waals surface area contributed by atoms with Crippen molar-refractivity contribution in [3.63, 3.8) is 0 Å². The molecule has 0 unspecified atom stereocenters. The maximum Gasteiger partial charge on any atom is 0.344 e. The van der Waals surface area contributed by atoms with E-state index in [-0.39, 0.29) is 6.10 Å². The Morgan fingerprint density at radius 2 is 2.12 bits per heavy atom. The fourth-order valence-corrected chi connectivity index (χ4v) is 1.37. The zero-order valence-electron chi connectivity index (χ0n) is 8.67. The molecule has 2 atom stereocenters. The third-order valence-electron chi connectivity index (χ3n) is 2.23. The van der Waals surface area contributed by atoms with E-state index in [0.29, 0.717) is 12.2 Å². The number of esters is 1. The highest BCUT2D eigenvalue weighted by Crippen LogP contribution is 2.20. The maximum atomic E-state index is 11.6. The zero-order chi connectivity index (χ0) is 11.4. The number of hydrogen-bond acceptors (Lipinski definition) is 4. The molecule has 0 saturated carbocycles. The van der Waals surface area contributed by atoms with Gasteiger partial charge in [-0.1, -0.05) is 24.3 Å². The summed E-state index contributed by atoms with van der Waals surface area (Å²) >= 11 is 0. The fourth-order valence-electron chi connectivity index (χ4n) is 1.37. The predicted octanol–water partition coefficient (Wildman–Crippen LogP) is 1.87. The van der Waals surface area contributed by atoms with Crippen LogP contribution in [0.5, 0.6) is 5.75 Å². The monoisotopic (exact) mass is 220 g/mol. The summed E-state index contributed by atoms with van der Waals surface area (Å²) in [6.45, 7) is 3.56. The van der Waals surface area contributed by atoms with Crippen molar-refractivity contribution in [2.45, 2.75) is 18.6 Å². The predicted molar refractivity (Wildman–Crippen MR) is 56.6 cm³/mol. The number of carbonyl (C=O) groups excluding carboxylic acids is 1. The highest BCUT2D eigenvalue weighted by Gasteiger charge is 2.32. The summed E-state index contributed by atoms with van der Waals surface area (Å²) in [4.78, 5) is 21.3. The van der Waals surface area contributed by atoms with E-state index >= 15 is 0 Å². The maximum absolute atomic E-state index is 11.6. The number of para-hydroxylation sites is 1. The Labute approximate surface area is 93.4 Å². The van der Waals surface area contributed by atoms with E-state index in [2.05, 4.69) is 6.58 Å². The summed E-state index contributed by atoms with van der Waals surface area (Å²) in [5.41, 5.74) is 0. The number of rotatable bonds is 3. The molecule has 84 valence electrons. The van der Waals surface area contributed by atoms with Crippen molar-refractivity contribution in [3.8, 4) is 5.75 Å². The Hall–Kier alpha value is -1.65. The molecule has 4 nitrogen and oxygen atoms in total. The molecular weight excluding hydrogens is 208 g/mol. The van der Waals surface area contributed by atoms with Gasteiger partial charge in [0.05, 0.1) is 0 Å². The summed E-state index contributed by atoms with van der Waals surface area (Å²) in [6.07, 6.45) is 1.11. The van der Waals surface area contributed by atoms with Crippen LogP contribution in [0.2, 0.25) is 0 Å². The van der Waals surface area contributed by atoms with Crippen molar-refractivity contribution in [2.24, 2.45) is 0 Å². The molecule has 16 heavy (non-hydrogen) atoms. The molecule has 0 spiro atoms. The fraction of sp³-hybridized carbons (Fsp3) is 0.250. The number of hydrogen-bond donors (Lipinski definition) is 0. The first-order chi connectivity index (χ1) is 7.79. The zero-order valence-corrected chi connectivity index (χ0v) is 8.67. The van der Waals surface area contributed by atoms with Crippen molar-refractivity contribution in [2.75, 3.05) is 0 Å². The molecule has 1 aliphatic heterocycles. The van der Waals surface area contributed by atoms with Crippen LogP contribution in [0, 0.1) is 0 Å². The Bertz CT molecular complexity index is 374. The molecular formula is C12H12O4. The van der Waals surface area contributed by atoms with Gasteiger partial charge in [0.15, 0.2) is 6.10 Å². The van der Waals surface area contributed by atoms with E-state index in [1.165, 1.54) is 0 Å². The summed E-state index contributed by atoms with van der Waals surface area (Å²) in [5.74, 6) is 0.0497. The lowest BCUT2D eigenvalue weighted by Gasteiger charge is -2.06. The topological polar surface area (TPSA) is 44.8 Å². The molecule has 0 amide bonds. The van der Waals surface area contributed by atoms with Crippen molar-refractivity contribution in [1.82, 2.24) is 0 Å². The summed E-state index contributed by atoms with van der Waals surface area (Å²) < 4.78 is 5.11. The highest BCUT2D eigenvalue weighted by molar-refractivity contribution is 5.77. The van der Waals surface area contributed by atoms with E-state index in [9.17, 15) is 4.79 Å². The quantitative estimate of drug-likeness (QED) is 0.337. The van der Waals surface area contributed by atoms with Crippen LogP contribution in [0.1, 0.15) is 6.42 Å². The van der Waals surface area contributed by atoms with Gasteiger partial charge in [0.2, 0.25) is 0 Å². The van der Waals surface area contributed by atoms with E-state index in [1.807, 2.05) is 6.07 Å². The first-order valence-electron chi connectivity index (χ1n) is 5.01. The number of ether oxygens (including phenoxy) is 1. The van der Waals surface area contributed by atoms with Crippen LogP contribution in [0.3, 0.4) is 0 Å². The standard InChI is InChI=1S/C12H12O4/c1-2-9-8-11(16-15-9)12(13)14-10-6-4-3-5-7-10/h2-7,9,11H,1,8H2/t9-,11+/m1/s1. The minimum Gasteiger partial charge on any atom is -0.425 e. The van der Waals surface area contributed by atoms with Gasteiger partial charge in [-0.3, -0.25) is 0 Å². The molecule has 1 aromatic rings. The molecule has 2 rings (SSSR count). The van der Waals surface area contributed by atoms with E-state index < -0.39 is 12.1 Å². The van der Waals surface area contributed by atoms with Crippen LogP contribution in [-0.4, -0.2) is 18.2 Å². The minimum absolute atomic E-state index is 0.242. The summed E-state index contributed by atoms with van der Waals surface area (Å²) in [5, 5.41) is 0. The lowest BCUT2D eigenvalue weighted by Crippen LogP contribution is -2.25. The van der Waals surface area contributed by atoms with Crippen LogP contribution in [0.4, 0.5) is 0 Å². The van der Waals surface area contributed by atoms with Gasteiger partial charge in [-0.15, -0.1) is 6.58 Å². The lowest BCUT2D eigenvalue weighted by atomic mass is 10.2. The largest absolute Gasteiger partial charge is 0.425 e. The molecule has 0 N–H and O–H groups in total. The van der Waals surface area contributed by atoms with Crippen LogP contribution in [-0.2, 0) is 14.6 Å². The Balaban J connectivity index is 1.92. The lowest BCUT2D eigenvalue weighted by molar-refractivity contribution is -0.285. The van der Waals surface area contributed by atoms with Gasteiger partial charge in [0, 0.05) is 6.42 Å². The van der Waals surface area contributed by atoms with Gasteiger partial charge in [0.25, 0.3) is 0 Å². The Morgan fingerprint density at radius 1 is 1.38 bits per heavy atom. The number of carbonyl (C=O) groups is 1. The SMILES string of the molecule is C=C[C@@H]1C[C@@H](C(=O)Oc2ccccc2)OO1. The van der Waals surface area contributed by atoms with Gasteiger partial charge < -0.3 is 4.74 Å². The van der Waals surface area contributed by atoms with Crippen molar-refractivity contribution < 1.29 is 19.3 Å². The third kappa shape index (κ3) is 2.48. The van der Waals surface area contributed by atoms with Crippen molar-refractivity contribution in [1.29, 1.82) is 0 Å². The van der Waals surface area contributed by atoms with Crippen molar-refractivity contribution >= 4 is 5.97 Å².